The molecule has 6 heteroatoms. The average Bonchev–Trinajstić information content (AvgIpc) is 3.01. The number of hydrogen-bond acceptors (Lipinski definition) is 4. The molecule has 2 aromatic heterocycles. The van der Waals surface area contributed by atoms with Crippen molar-refractivity contribution in [3.05, 3.63) is 72.3 Å². The Balaban J connectivity index is 1.46. The molecule has 0 saturated carbocycles. The van der Waals surface area contributed by atoms with Gasteiger partial charge in [-0.2, -0.15) is 0 Å². The lowest BCUT2D eigenvalue weighted by atomic mass is 10.2. The van der Waals surface area contributed by atoms with Crippen molar-refractivity contribution in [1.29, 1.82) is 0 Å². The van der Waals surface area contributed by atoms with Crippen LogP contribution in [0.2, 0.25) is 0 Å². The largest absolute Gasteiger partial charge is 0.445 e. The Morgan fingerprint density at radius 3 is 2.96 bits per heavy atom. The van der Waals surface area contributed by atoms with Crippen molar-refractivity contribution in [2.24, 2.45) is 0 Å². The molecule has 3 rings (SSSR count). The second kappa shape index (κ2) is 7.22. The zero-order valence-electron chi connectivity index (χ0n) is 12.4. The van der Waals surface area contributed by atoms with Crippen LogP contribution in [0.4, 0.5) is 4.79 Å². The smallest absolute Gasteiger partial charge is 0.407 e. The number of benzene rings is 1. The van der Waals surface area contributed by atoms with Gasteiger partial charge >= 0.3 is 6.09 Å². The van der Waals surface area contributed by atoms with E-state index in [2.05, 4.69) is 15.3 Å². The minimum Gasteiger partial charge on any atom is -0.445 e. The van der Waals surface area contributed by atoms with Crippen LogP contribution in [0.15, 0.2) is 61.1 Å². The third-order valence-electron chi connectivity index (χ3n) is 3.18. The predicted octanol–water partition coefficient (Wildman–Crippen LogP) is 2.67. The number of amides is 1. The number of fused-ring (bicyclic) bond motifs is 1. The third-order valence-corrected chi connectivity index (χ3v) is 3.18. The Bertz CT molecular complexity index is 812. The van der Waals surface area contributed by atoms with Crippen LogP contribution in [0.3, 0.4) is 0 Å². The first-order valence-electron chi connectivity index (χ1n) is 7.22. The number of nitrogens with one attached hydrogen (secondary N) is 1. The van der Waals surface area contributed by atoms with Gasteiger partial charge in [-0.25, -0.2) is 14.8 Å². The van der Waals surface area contributed by atoms with Crippen LogP contribution < -0.4 is 5.32 Å². The van der Waals surface area contributed by atoms with E-state index in [-0.39, 0.29) is 6.61 Å². The van der Waals surface area contributed by atoms with Crippen LogP contribution in [0, 0.1) is 0 Å². The van der Waals surface area contributed by atoms with Gasteiger partial charge in [-0.15, -0.1) is 0 Å². The SMILES string of the molecule is O=C(NCC=Cc1cnc2ncccn12)OCc1ccccc1. The average molecular weight is 308 g/mol. The van der Waals surface area contributed by atoms with Gasteiger partial charge in [0.15, 0.2) is 0 Å². The lowest BCUT2D eigenvalue weighted by Crippen LogP contribution is -2.24. The second-order valence-corrected chi connectivity index (χ2v) is 4.82. The summed E-state index contributed by atoms with van der Waals surface area (Å²) in [6, 6.07) is 11.4. The van der Waals surface area contributed by atoms with E-state index in [0.717, 1.165) is 11.3 Å². The highest BCUT2D eigenvalue weighted by molar-refractivity contribution is 5.67. The highest BCUT2D eigenvalue weighted by Gasteiger charge is 2.01. The lowest BCUT2D eigenvalue weighted by Gasteiger charge is -2.05. The number of nitrogens with zero attached hydrogens (tertiary/aromatic N) is 3. The molecule has 0 aliphatic heterocycles. The molecule has 0 saturated heterocycles. The molecule has 1 N–H and O–H groups in total. The summed E-state index contributed by atoms with van der Waals surface area (Å²) in [6.07, 6.45) is 8.57. The Hall–Kier alpha value is -3.15. The van der Waals surface area contributed by atoms with Crippen LogP contribution in [-0.2, 0) is 11.3 Å². The molecule has 116 valence electrons. The van der Waals surface area contributed by atoms with Crippen LogP contribution >= 0.6 is 0 Å². The molecule has 1 aromatic carbocycles. The number of carbonyl (C=O) groups excluding carboxylic acids is 1. The van der Waals surface area contributed by atoms with Gasteiger partial charge in [0.05, 0.1) is 11.9 Å². The van der Waals surface area contributed by atoms with Gasteiger partial charge in [-0.1, -0.05) is 36.4 Å². The Labute approximate surface area is 133 Å². The number of ether oxygens (including phenoxy) is 1. The fourth-order valence-electron chi connectivity index (χ4n) is 2.07. The van der Waals surface area contributed by atoms with Gasteiger partial charge in [0.1, 0.15) is 6.61 Å². The number of imidazole rings is 1. The maximum absolute atomic E-state index is 11.6. The molecule has 1 amide bonds. The molecule has 0 fully saturated rings. The van der Waals surface area contributed by atoms with E-state index in [1.807, 2.05) is 59.1 Å². The summed E-state index contributed by atoms with van der Waals surface area (Å²) < 4.78 is 6.99. The van der Waals surface area contributed by atoms with E-state index in [1.165, 1.54) is 0 Å². The van der Waals surface area contributed by atoms with E-state index < -0.39 is 6.09 Å². The van der Waals surface area contributed by atoms with E-state index in [4.69, 9.17) is 4.74 Å². The summed E-state index contributed by atoms with van der Waals surface area (Å²) in [5.74, 6) is 0.641. The van der Waals surface area contributed by atoms with Crippen molar-refractivity contribution in [2.75, 3.05) is 6.54 Å². The molecule has 0 bridgehead atoms. The molecule has 23 heavy (non-hydrogen) atoms. The lowest BCUT2D eigenvalue weighted by molar-refractivity contribution is 0.141. The Morgan fingerprint density at radius 1 is 1.22 bits per heavy atom. The fraction of sp³-hybridized carbons (Fsp3) is 0.118. The minimum atomic E-state index is -0.446. The first-order valence-corrected chi connectivity index (χ1v) is 7.22. The summed E-state index contributed by atoms with van der Waals surface area (Å²) in [5, 5.41) is 2.67. The van der Waals surface area contributed by atoms with Crippen molar-refractivity contribution in [3.8, 4) is 0 Å². The first kappa shape index (κ1) is 14.8. The van der Waals surface area contributed by atoms with Crippen molar-refractivity contribution in [2.45, 2.75) is 6.61 Å². The van der Waals surface area contributed by atoms with Gasteiger partial charge in [0.2, 0.25) is 5.78 Å². The minimum absolute atomic E-state index is 0.259. The monoisotopic (exact) mass is 308 g/mol. The molecular weight excluding hydrogens is 292 g/mol. The molecular formula is C17H16N4O2. The topological polar surface area (TPSA) is 68.5 Å². The zero-order valence-corrected chi connectivity index (χ0v) is 12.4. The summed E-state index contributed by atoms with van der Waals surface area (Å²) >= 11 is 0. The standard InChI is InChI=1S/C17H16N4O2/c22-17(23-13-14-6-2-1-3-7-14)19-9-4-8-15-12-20-16-18-10-5-11-21(15)16/h1-8,10-12H,9,13H2,(H,19,22). The molecule has 0 aliphatic rings. The zero-order chi connectivity index (χ0) is 15.9. The fourth-order valence-corrected chi connectivity index (χ4v) is 2.07. The van der Waals surface area contributed by atoms with Gasteiger partial charge in [0, 0.05) is 18.9 Å². The molecule has 0 atom stereocenters. The van der Waals surface area contributed by atoms with Gasteiger partial charge in [0.25, 0.3) is 0 Å². The molecule has 0 spiro atoms. The van der Waals surface area contributed by atoms with Crippen molar-refractivity contribution >= 4 is 17.9 Å². The second-order valence-electron chi connectivity index (χ2n) is 4.82. The van der Waals surface area contributed by atoms with Crippen molar-refractivity contribution < 1.29 is 9.53 Å². The third kappa shape index (κ3) is 3.94. The van der Waals surface area contributed by atoms with E-state index in [1.54, 1.807) is 12.4 Å². The number of rotatable bonds is 5. The molecule has 0 aliphatic carbocycles. The molecule has 0 radical (unpaired) electrons. The van der Waals surface area contributed by atoms with Crippen molar-refractivity contribution in [1.82, 2.24) is 19.7 Å². The number of carbonyl (C=O) groups is 1. The quantitative estimate of drug-likeness (QED) is 0.787. The van der Waals surface area contributed by atoms with Crippen LogP contribution in [0.1, 0.15) is 11.3 Å². The molecule has 6 nitrogen and oxygen atoms in total. The predicted molar refractivity (Wildman–Crippen MR) is 86.7 cm³/mol. The summed E-state index contributed by atoms with van der Waals surface area (Å²) in [6.45, 7) is 0.635. The maximum atomic E-state index is 11.6. The van der Waals surface area contributed by atoms with E-state index >= 15 is 0 Å². The Kier molecular flexibility index (Phi) is 4.63. The Morgan fingerprint density at radius 2 is 2.09 bits per heavy atom. The molecule has 0 unspecified atom stereocenters. The number of alkyl carbamates (subject to hydrolysis) is 1. The van der Waals surface area contributed by atoms with Crippen molar-refractivity contribution in [3.63, 3.8) is 0 Å². The molecule has 3 aromatic rings. The maximum Gasteiger partial charge on any atom is 0.407 e. The first-order chi connectivity index (χ1) is 11.3. The summed E-state index contributed by atoms with van der Waals surface area (Å²) in [4.78, 5) is 19.9. The normalized spacial score (nSPS) is 11.0. The van der Waals surface area contributed by atoms with Crippen LogP contribution in [0.5, 0.6) is 0 Å². The molecule has 2 heterocycles. The van der Waals surface area contributed by atoms with E-state index in [9.17, 15) is 4.79 Å². The van der Waals surface area contributed by atoms with Gasteiger partial charge in [-0.05, 0) is 17.7 Å². The van der Waals surface area contributed by atoms with E-state index in [0.29, 0.717) is 12.3 Å². The van der Waals surface area contributed by atoms with Crippen LogP contribution in [0.25, 0.3) is 11.9 Å². The number of aromatic nitrogens is 3. The number of hydrogen-bond donors (Lipinski definition) is 1. The van der Waals surface area contributed by atoms with Gasteiger partial charge < -0.3 is 10.1 Å². The highest BCUT2D eigenvalue weighted by Crippen LogP contribution is 2.05. The highest BCUT2D eigenvalue weighted by atomic mass is 16.5. The van der Waals surface area contributed by atoms with Crippen LogP contribution in [-0.4, -0.2) is 27.0 Å². The summed E-state index contributed by atoms with van der Waals surface area (Å²) in [5.41, 5.74) is 1.85. The van der Waals surface area contributed by atoms with Gasteiger partial charge in [-0.3, -0.25) is 4.40 Å². The summed E-state index contributed by atoms with van der Waals surface area (Å²) in [7, 11) is 0.